The maximum Gasteiger partial charge on any atom is 0.277 e. The molecule has 2 aromatic rings. The number of ether oxygens (including phenoxy) is 2. The average Bonchev–Trinajstić information content (AvgIpc) is 2.64. The maximum absolute atomic E-state index is 11.9. The van der Waals surface area contributed by atoms with E-state index in [4.69, 9.17) is 9.47 Å². The lowest BCUT2D eigenvalue weighted by atomic mass is 10.0. The Morgan fingerprint density at radius 3 is 2.78 bits per heavy atom. The summed E-state index contributed by atoms with van der Waals surface area (Å²) in [6, 6.07) is 11.0. The average molecular weight is 435 g/mol. The van der Waals surface area contributed by atoms with E-state index < -0.39 is 0 Å². The van der Waals surface area contributed by atoms with Gasteiger partial charge in [0.2, 0.25) is 0 Å². The SMILES string of the molecule is CCOc1cc(/C=N/NC(=O)COc2cccc(C(C)C)c2)cc(Br)c1O. The van der Waals surface area contributed by atoms with Crippen LogP contribution in [0.1, 0.15) is 37.8 Å². The number of nitrogens with zero attached hydrogens (tertiary/aromatic N) is 1. The van der Waals surface area contributed by atoms with Crippen molar-refractivity contribution in [2.45, 2.75) is 26.7 Å². The van der Waals surface area contributed by atoms with Crippen molar-refractivity contribution in [2.75, 3.05) is 13.2 Å². The molecule has 1 amide bonds. The summed E-state index contributed by atoms with van der Waals surface area (Å²) in [4.78, 5) is 11.9. The number of amides is 1. The van der Waals surface area contributed by atoms with E-state index in [0.29, 0.717) is 34.1 Å². The van der Waals surface area contributed by atoms with Crippen LogP contribution in [0, 0.1) is 0 Å². The van der Waals surface area contributed by atoms with Gasteiger partial charge in [-0.1, -0.05) is 26.0 Å². The molecule has 0 saturated carbocycles. The summed E-state index contributed by atoms with van der Waals surface area (Å²) in [6.45, 7) is 6.30. The van der Waals surface area contributed by atoms with Crippen molar-refractivity contribution in [2.24, 2.45) is 5.10 Å². The Bertz CT molecular complexity index is 822. The molecule has 0 aliphatic heterocycles. The summed E-state index contributed by atoms with van der Waals surface area (Å²) in [5.41, 5.74) is 4.22. The molecule has 0 bridgehead atoms. The zero-order chi connectivity index (χ0) is 19.8. The van der Waals surface area contributed by atoms with Gasteiger partial charge in [-0.15, -0.1) is 0 Å². The van der Waals surface area contributed by atoms with Crippen molar-refractivity contribution in [3.63, 3.8) is 0 Å². The van der Waals surface area contributed by atoms with Gasteiger partial charge in [-0.3, -0.25) is 4.79 Å². The van der Waals surface area contributed by atoms with Crippen LogP contribution in [0.5, 0.6) is 17.2 Å². The summed E-state index contributed by atoms with van der Waals surface area (Å²) in [5.74, 6) is 1.02. The van der Waals surface area contributed by atoms with E-state index in [-0.39, 0.29) is 18.3 Å². The zero-order valence-electron chi connectivity index (χ0n) is 15.5. The number of nitrogens with one attached hydrogen (secondary N) is 1. The molecule has 0 spiro atoms. The van der Waals surface area contributed by atoms with Crippen molar-refractivity contribution in [1.29, 1.82) is 0 Å². The third-order valence-electron chi connectivity index (χ3n) is 3.65. The van der Waals surface area contributed by atoms with Crippen LogP contribution in [0.2, 0.25) is 0 Å². The number of hydrazone groups is 1. The number of hydrogen-bond acceptors (Lipinski definition) is 5. The Kier molecular flexibility index (Phi) is 7.67. The number of carbonyl (C=O) groups is 1. The van der Waals surface area contributed by atoms with Gasteiger partial charge < -0.3 is 14.6 Å². The van der Waals surface area contributed by atoms with Crippen LogP contribution in [0.3, 0.4) is 0 Å². The molecular weight excluding hydrogens is 412 g/mol. The molecule has 0 aromatic heterocycles. The molecule has 0 unspecified atom stereocenters. The number of carbonyl (C=O) groups excluding carboxylic acids is 1. The van der Waals surface area contributed by atoms with Gasteiger partial charge in [-0.2, -0.15) is 5.10 Å². The first-order valence-electron chi connectivity index (χ1n) is 8.60. The second-order valence-electron chi connectivity index (χ2n) is 6.09. The van der Waals surface area contributed by atoms with Gasteiger partial charge in [-0.25, -0.2) is 5.43 Å². The van der Waals surface area contributed by atoms with E-state index in [1.54, 1.807) is 12.1 Å². The first kappa shape index (κ1) is 20.8. The monoisotopic (exact) mass is 434 g/mol. The molecule has 0 radical (unpaired) electrons. The van der Waals surface area contributed by atoms with Crippen LogP contribution in [0.25, 0.3) is 0 Å². The zero-order valence-corrected chi connectivity index (χ0v) is 17.1. The maximum atomic E-state index is 11.9. The van der Waals surface area contributed by atoms with Gasteiger partial charge in [0.15, 0.2) is 18.1 Å². The van der Waals surface area contributed by atoms with Gasteiger partial charge in [0, 0.05) is 0 Å². The van der Waals surface area contributed by atoms with Crippen LogP contribution in [0.4, 0.5) is 0 Å². The summed E-state index contributed by atoms with van der Waals surface area (Å²) < 4.78 is 11.3. The largest absolute Gasteiger partial charge is 0.503 e. The van der Waals surface area contributed by atoms with Gasteiger partial charge in [0.05, 0.1) is 17.3 Å². The van der Waals surface area contributed by atoms with E-state index in [0.717, 1.165) is 5.56 Å². The smallest absolute Gasteiger partial charge is 0.277 e. The van der Waals surface area contributed by atoms with Crippen LogP contribution in [-0.2, 0) is 4.79 Å². The molecule has 7 heteroatoms. The Morgan fingerprint density at radius 1 is 1.30 bits per heavy atom. The highest BCUT2D eigenvalue weighted by molar-refractivity contribution is 9.10. The van der Waals surface area contributed by atoms with Gasteiger partial charge >= 0.3 is 0 Å². The fourth-order valence-corrected chi connectivity index (χ4v) is 2.72. The molecule has 0 saturated heterocycles. The van der Waals surface area contributed by atoms with Crippen LogP contribution >= 0.6 is 15.9 Å². The highest BCUT2D eigenvalue weighted by Gasteiger charge is 2.08. The molecular formula is C20H23BrN2O4. The number of phenols is 1. The fourth-order valence-electron chi connectivity index (χ4n) is 2.26. The number of aromatic hydroxyl groups is 1. The van der Waals surface area contributed by atoms with Crippen LogP contribution in [0.15, 0.2) is 46.0 Å². The summed E-state index contributed by atoms with van der Waals surface area (Å²) in [5, 5.41) is 13.8. The van der Waals surface area contributed by atoms with Crippen molar-refractivity contribution < 1.29 is 19.4 Å². The van der Waals surface area contributed by atoms with Crippen molar-refractivity contribution >= 4 is 28.1 Å². The molecule has 2 aromatic carbocycles. The molecule has 27 heavy (non-hydrogen) atoms. The topological polar surface area (TPSA) is 80.2 Å². The van der Waals surface area contributed by atoms with Gasteiger partial charge in [0.1, 0.15) is 5.75 Å². The molecule has 0 atom stereocenters. The molecule has 0 aliphatic carbocycles. The first-order valence-corrected chi connectivity index (χ1v) is 9.40. The number of halogens is 1. The summed E-state index contributed by atoms with van der Waals surface area (Å²) >= 11 is 3.26. The summed E-state index contributed by atoms with van der Waals surface area (Å²) in [6.07, 6.45) is 1.46. The molecule has 0 heterocycles. The second kappa shape index (κ2) is 9.97. The summed E-state index contributed by atoms with van der Waals surface area (Å²) in [7, 11) is 0. The Hall–Kier alpha value is -2.54. The Labute approximate surface area is 167 Å². The molecule has 2 N–H and O–H groups in total. The van der Waals surface area contributed by atoms with Crippen molar-refractivity contribution in [1.82, 2.24) is 5.43 Å². The van der Waals surface area contributed by atoms with Crippen molar-refractivity contribution in [3.05, 3.63) is 52.0 Å². The minimum atomic E-state index is -0.371. The molecule has 2 rings (SSSR count). The van der Waals surface area contributed by atoms with Gasteiger partial charge in [0.25, 0.3) is 5.91 Å². The lowest BCUT2D eigenvalue weighted by Gasteiger charge is -2.09. The number of hydrogen-bond donors (Lipinski definition) is 2. The Balaban J connectivity index is 1.91. The quantitative estimate of drug-likeness (QED) is 0.481. The predicted octanol–water partition coefficient (Wildman–Crippen LogP) is 4.21. The van der Waals surface area contributed by atoms with E-state index in [1.165, 1.54) is 6.21 Å². The molecule has 0 aliphatic rings. The van der Waals surface area contributed by atoms with E-state index >= 15 is 0 Å². The Morgan fingerprint density at radius 2 is 2.07 bits per heavy atom. The van der Waals surface area contributed by atoms with Crippen molar-refractivity contribution in [3.8, 4) is 17.2 Å². The predicted molar refractivity (Wildman–Crippen MR) is 109 cm³/mol. The van der Waals surface area contributed by atoms with Gasteiger partial charge in [-0.05, 0) is 64.2 Å². The standard InChI is InChI=1S/C20H23BrN2O4/c1-4-26-18-9-14(8-17(21)20(18)25)11-22-23-19(24)12-27-16-7-5-6-15(10-16)13(2)3/h5-11,13,25H,4,12H2,1-3H3,(H,23,24)/b22-11+. The molecule has 0 fully saturated rings. The number of rotatable bonds is 8. The third kappa shape index (κ3) is 6.29. The van der Waals surface area contributed by atoms with Crippen LogP contribution in [-0.4, -0.2) is 30.4 Å². The fraction of sp³-hybridized carbons (Fsp3) is 0.300. The van der Waals surface area contributed by atoms with E-state index in [9.17, 15) is 9.90 Å². The first-order chi connectivity index (χ1) is 12.9. The van der Waals surface area contributed by atoms with E-state index in [2.05, 4.69) is 40.3 Å². The highest BCUT2D eigenvalue weighted by Crippen LogP contribution is 2.35. The number of phenolic OH excluding ortho intramolecular Hbond substituents is 1. The molecule has 6 nitrogen and oxygen atoms in total. The van der Waals surface area contributed by atoms with E-state index in [1.807, 2.05) is 31.2 Å². The highest BCUT2D eigenvalue weighted by atomic mass is 79.9. The minimum Gasteiger partial charge on any atom is -0.503 e. The van der Waals surface area contributed by atoms with Crippen LogP contribution < -0.4 is 14.9 Å². The molecule has 144 valence electrons. The minimum absolute atomic E-state index is 0.0232. The normalized spacial score (nSPS) is 11.0. The second-order valence-corrected chi connectivity index (χ2v) is 6.95. The lowest BCUT2D eigenvalue weighted by molar-refractivity contribution is -0.123. The lowest BCUT2D eigenvalue weighted by Crippen LogP contribution is -2.24. The third-order valence-corrected chi connectivity index (χ3v) is 4.25. The number of benzene rings is 2.